The van der Waals surface area contributed by atoms with Gasteiger partial charge in [0.05, 0.1) is 7.11 Å². The van der Waals surface area contributed by atoms with E-state index in [0.717, 1.165) is 18.6 Å². The Hall–Kier alpha value is -0.220. The Morgan fingerprint density at radius 2 is 1.81 bits per heavy atom. The summed E-state index contributed by atoms with van der Waals surface area (Å²) in [6.45, 7) is 8.35. The number of rotatable bonds is 6. The minimum absolute atomic E-state index is 0.314. The number of carbonyl (C=O) groups is 1. The Kier molecular flexibility index (Phi) is 6.41. The molecule has 0 aromatic rings. The van der Waals surface area contributed by atoms with Crippen LogP contribution in [0.5, 0.6) is 0 Å². The van der Waals surface area contributed by atoms with Crippen molar-refractivity contribution in [1.82, 2.24) is 0 Å². The summed E-state index contributed by atoms with van der Waals surface area (Å²) in [4.78, 5) is 11.3. The normalized spacial score (nSPS) is 15.6. The average molecular weight is 247 g/mol. The SMILES string of the molecule is COC(=O)C(C)(N)CCCCSC(C)(C)C. The molecule has 0 radical (unpaired) electrons. The van der Waals surface area contributed by atoms with Gasteiger partial charge in [-0.2, -0.15) is 11.8 Å². The zero-order valence-electron chi connectivity index (χ0n) is 11.1. The van der Waals surface area contributed by atoms with E-state index in [-0.39, 0.29) is 5.97 Å². The zero-order valence-corrected chi connectivity index (χ0v) is 11.9. The summed E-state index contributed by atoms with van der Waals surface area (Å²) in [5.74, 6) is 0.789. The van der Waals surface area contributed by atoms with Gasteiger partial charge in [-0.15, -0.1) is 0 Å². The van der Waals surface area contributed by atoms with Crippen LogP contribution in [-0.2, 0) is 9.53 Å². The van der Waals surface area contributed by atoms with Gasteiger partial charge in [0.25, 0.3) is 0 Å². The maximum absolute atomic E-state index is 11.3. The quantitative estimate of drug-likeness (QED) is 0.579. The molecule has 0 aliphatic rings. The Morgan fingerprint density at radius 1 is 1.25 bits per heavy atom. The minimum Gasteiger partial charge on any atom is -0.468 e. The number of nitrogens with two attached hydrogens (primary N) is 1. The van der Waals surface area contributed by atoms with Crippen molar-refractivity contribution in [2.45, 2.75) is 57.2 Å². The highest BCUT2D eigenvalue weighted by molar-refractivity contribution is 8.00. The highest BCUT2D eigenvalue weighted by atomic mass is 32.2. The van der Waals surface area contributed by atoms with Crippen LogP contribution in [0.3, 0.4) is 0 Å². The van der Waals surface area contributed by atoms with Crippen molar-refractivity contribution >= 4 is 17.7 Å². The van der Waals surface area contributed by atoms with Crippen molar-refractivity contribution in [3.05, 3.63) is 0 Å². The Morgan fingerprint density at radius 3 is 2.25 bits per heavy atom. The summed E-state index contributed by atoms with van der Waals surface area (Å²) in [6.07, 6.45) is 2.74. The highest BCUT2D eigenvalue weighted by Gasteiger charge is 2.28. The lowest BCUT2D eigenvalue weighted by Gasteiger charge is -2.22. The third-order valence-electron chi connectivity index (χ3n) is 2.28. The van der Waals surface area contributed by atoms with Crippen molar-refractivity contribution in [2.24, 2.45) is 5.73 Å². The molecule has 0 amide bonds. The standard InChI is InChI=1S/C12H25NO2S/c1-11(2,3)16-9-7-6-8-12(4,13)10(14)15-5/h6-9,13H2,1-5H3. The third-order valence-corrected chi connectivity index (χ3v) is 3.64. The van der Waals surface area contributed by atoms with Crippen molar-refractivity contribution in [1.29, 1.82) is 0 Å². The van der Waals surface area contributed by atoms with Gasteiger partial charge in [0.15, 0.2) is 0 Å². The summed E-state index contributed by atoms with van der Waals surface area (Å²) in [6, 6.07) is 0. The second-order valence-electron chi connectivity index (χ2n) is 5.33. The molecule has 0 aliphatic carbocycles. The van der Waals surface area contributed by atoms with Crippen molar-refractivity contribution in [3.8, 4) is 0 Å². The molecule has 2 N–H and O–H groups in total. The van der Waals surface area contributed by atoms with Crippen molar-refractivity contribution < 1.29 is 9.53 Å². The van der Waals surface area contributed by atoms with Gasteiger partial charge in [-0.05, 0) is 25.5 Å². The van der Waals surface area contributed by atoms with Crippen LogP contribution in [0.25, 0.3) is 0 Å². The second-order valence-corrected chi connectivity index (χ2v) is 7.25. The fourth-order valence-electron chi connectivity index (χ4n) is 1.31. The van der Waals surface area contributed by atoms with Crippen molar-refractivity contribution in [2.75, 3.05) is 12.9 Å². The smallest absolute Gasteiger partial charge is 0.325 e. The second kappa shape index (κ2) is 6.50. The van der Waals surface area contributed by atoms with Crippen LogP contribution >= 0.6 is 11.8 Å². The molecule has 4 heteroatoms. The lowest BCUT2D eigenvalue weighted by Crippen LogP contribution is -2.45. The van der Waals surface area contributed by atoms with E-state index in [4.69, 9.17) is 5.73 Å². The minimum atomic E-state index is -0.832. The number of thioether (sulfide) groups is 1. The van der Waals surface area contributed by atoms with E-state index in [0.29, 0.717) is 11.2 Å². The summed E-state index contributed by atoms with van der Waals surface area (Å²) < 4.78 is 4.97. The summed E-state index contributed by atoms with van der Waals surface area (Å²) in [5.41, 5.74) is 5.03. The molecule has 3 nitrogen and oxygen atoms in total. The van der Waals surface area contributed by atoms with Crippen LogP contribution < -0.4 is 5.73 Å². The number of methoxy groups -OCH3 is 1. The first-order valence-corrected chi connectivity index (χ1v) is 6.69. The van der Waals surface area contributed by atoms with E-state index in [1.807, 2.05) is 11.8 Å². The molecule has 0 saturated carbocycles. The first-order chi connectivity index (χ1) is 7.19. The van der Waals surface area contributed by atoms with E-state index in [1.54, 1.807) is 6.92 Å². The molecular formula is C12H25NO2S. The van der Waals surface area contributed by atoms with Crippen LogP contribution in [0.1, 0.15) is 47.0 Å². The van der Waals surface area contributed by atoms with Gasteiger partial charge in [0, 0.05) is 4.75 Å². The molecule has 0 aromatic heterocycles. The molecule has 16 heavy (non-hydrogen) atoms. The van der Waals surface area contributed by atoms with Crippen molar-refractivity contribution in [3.63, 3.8) is 0 Å². The molecule has 0 bridgehead atoms. The maximum Gasteiger partial charge on any atom is 0.325 e. The summed E-state index contributed by atoms with van der Waals surface area (Å²) >= 11 is 1.94. The van der Waals surface area contributed by atoms with Gasteiger partial charge in [-0.3, -0.25) is 4.79 Å². The molecule has 96 valence electrons. The summed E-state index contributed by atoms with van der Waals surface area (Å²) in [7, 11) is 1.38. The molecular weight excluding hydrogens is 222 g/mol. The maximum atomic E-state index is 11.3. The molecule has 0 spiro atoms. The molecule has 0 rings (SSSR count). The molecule has 0 aromatic carbocycles. The van der Waals surface area contributed by atoms with Gasteiger partial charge >= 0.3 is 5.97 Å². The highest BCUT2D eigenvalue weighted by Crippen LogP contribution is 2.24. The largest absolute Gasteiger partial charge is 0.468 e. The monoisotopic (exact) mass is 247 g/mol. The molecule has 0 saturated heterocycles. The number of unbranched alkanes of at least 4 members (excludes halogenated alkanes) is 1. The Labute approximate surface area is 103 Å². The van der Waals surface area contributed by atoms with E-state index in [2.05, 4.69) is 25.5 Å². The number of esters is 1. The molecule has 1 atom stereocenters. The van der Waals surface area contributed by atoms with Crippen LogP contribution in [0.4, 0.5) is 0 Å². The first kappa shape index (κ1) is 15.8. The van der Waals surface area contributed by atoms with E-state index < -0.39 is 5.54 Å². The predicted octanol–water partition coefficient (Wildman–Crippen LogP) is 2.58. The predicted molar refractivity (Wildman–Crippen MR) is 70.7 cm³/mol. The van der Waals surface area contributed by atoms with Gasteiger partial charge in [-0.25, -0.2) is 0 Å². The molecule has 0 aliphatic heterocycles. The Bertz CT molecular complexity index is 222. The first-order valence-electron chi connectivity index (χ1n) is 5.70. The van der Waals surface area contributed by atoms with Crippen LogP contribution in [-0.4, -0.2) is 29.1 Å². The number of hydrogen-bond donors (Lipinski definition) is 1. The average Bonchev–Trinajstić information content (AvgIpc) is 2.14. The van der Waals surface area contributed by atoms with E-state index in [9.17, 15) is 4.79 Å². The van der Waals surface area contributed by atoms with E-state index in [1.165, 1.54) is 7.11 Å². The van der Waals surface area contributed by atoms with Gasteiger partial charge in [0.2, 0.25) is 0 Å². The third kappa shape index (κ3) is 7.12. The molecule has 1 unspecified atom stereocenters. The fraction of sp³-hybridized carbons (Fsp3) is 0.917. The van der Waals surface area contributed by atoms with E-state index >= 15 is 0 Å². The van der Waals surface area contributed by atoms with Gasteiger partial charge in [0.1, 0.15) is 5.54 Å². The lowest BCUT2D eigenvalue weighted by molar-refractivity contribution is -0.146. The van der Waals surface area contributed by atoms with Gasteiger partial charge < -0.3 is 10.5 Å². The fourth-order valence-corrected chi connectivity index (χ4v) is 2.27. The molecule has 0 fully saturated rings. The number of hydrogen-bond acceptors (Lipinski definition) is 4. The van der Waals surface area contributed by atoms with Crippen LogP contribution in [0, 0.1) is 0 Å². The zero-order chi connectivity index (χ0) is 12.8. The number of carbonyl (C=O) groups excluding carboxylic acids is 1. The topological polar surface area (TPSA) is 52.3 Å². The number of ether oxygens (including phenoxy) is 1. The summed E-state index contributed by atoms with van der Waals surface area (Å²) in [5, 5.41) is 0. The Balaban J connectivity index is 3.70. The lowest BCUT2D eigenvalue weighted by atomic mass is 9.97. The van der Waals surface area contributed by atoms with Crippen LogP contribution in [0.15, 0.2) is 0 Å². The van der Waals surface area contributed by atoms with Gasteiger partial charge in [-0.1, -0.05) is 27.2 Å². The molecule has 0 heterocycles. The van der Waals surface area contributed by atoms with Crippen LogP contribution in [0.2, 0.25) is 0 Å².